The van der Waals surface area contributed by atoms with E-state index in [1.807, 2.05) is 0 Å². The third-order valence-electron chi connectivity index (χ3n) is 2.69. The summed E-state index contributed by atoms with van der Waals surface area (Å²) in [4.78, 5) is 0. The summed E-state index contributed by atoms with van der Waals surface area (Å²) in [6.07, 6.45) is 0. The van der Waals surface area contributed by atoms with E-state index in [1.54, 1.807) is 39.0 Å². The lowest BCUT2D eigenvalue weighted by atomic mass is 10.2. The number of alkyl halides is 1. The summed E-state index contributed by atoms with van der Waals surface area (Å²) in [5, 5.41) is 0.436. The molecule has 0 heterocycles. The van der Waals surface area contributed by atoms with Gasteiger partial charge in [-0.2, -0.15) is 0 Å². The summed E-state index contributed by atoms with van der Waals surface area (Å²) >= 11 is 11.7. The van der Waals surface area contributed by atoms with Gasteiger partial charge in [0, 0.05) is 5.88 Å². The maximum atomic E-state index is 11.9. The van der Waals surface area contributed by atoms with Crippen LogP contribution < -0.4 is 4.74 Å². The molecule has 0 saturated heterocycles. The Morgan fingerprint density at radius 2 is 1.89 bits per heavy atom. The van der Waals surface area contributed by atoms with E-state index in [2.05, 4.69) is 0 Å². The Balaban J connectivity index is 2.64. The van der Waals surface area contributed by atoms with Crippen molar-refractivity contribution >= 4 is 33.0 Å². The molecule has 108 valence electrons. The molecular formula is C13H18Cl2O3S. The van der Waals surface area contributed by atoms with Gasteiger partial charge in [-0.3, -0.25) is 0 Å². The highest BCUT2D eigenvalue weighted by Gasteiger charge is 2.28. The van der Waals surface area contributed by atoms with E-state index in [9.17, 15) is 8.42 Å². The van der Waals surface area contributed by atoms with Crippen LogP contribution in [-0.4, -0.2) is 25.5 Å². The lowest BCUT2D eigenvalue weighted by molar-refractivity contribution is 0.340. The SMILES string of the molecule is CC(C)(C)S(=O)(=O)CCOc1ccc(CCl)cc1Cl. The molecule has 0 aliphatic heterocycles. The topological polar surface area (TPSA) is 43.4 Å². The van der Waals surface area contributed by atoms with Crippen LogP contribution in [0.15, 0.2) is 18.2 Å². The zero-order valence-electron chi connectivity index (χ0n) is 11.2. The predicted molar refractivity (Wildman–Crippen MR) is 80.0 cm³/mol. The van der Waals surface area contributed by atoms with Crippen molar-refractivity contribution in [2.45, 2.75) is 31.4 Å². The first-order chi connectivity index (χ1) is 8.67. The molecule has 3 nitrogen and oxygen atoms in total. The van der Waals surface area contributed by atoms with Crippen molar-refractivity contribution in [3.05, 3.63) is 28.8 Å². The summed E-state index contributed by atoms with van der Waals surface area (Å²) < 4.78 is 28.4. The van der Waals surface area contributed by atoms with Crippen molar-refractivity contribution < 1.29 is 13.2 Å². The molecule has 1 aromatic carbocycles. The third-order valence-corrected chi connectivity index (χ3v) is 5.87. The summed E-state index contributed by atoms with van der Waals surface area (Å²) in [5.41, 5.74) is 0.890. The van der Waals surface area contributed by atoms with E-state index >= 15 is 0 Å². The Morgan fingerprint density at radius 1 is 1.26 bits per heavy atom. The van der Waals surface area contributed by atoms with E-state index < -0.39 is 14.6 Å². The number of hydrogen-bond acceptors (Lipinski definition) is 3. The fourth-order valence-electron chi connectivity index (χ4n) is 1.31. The molecule has 0 amide bonds. The number of benzene rings is 1. The average Bonchev–Trinajstić information content (AvgIpc) is 2.29. The Labute approximate surface area is 124 Å². The van der Waals surface area contributed by atoms with Crippen LogP contribution in [0, 0.1) is 0 Å². The molecular weight excluding hydrogens is 307 g/mol. The first-order valence-corrected chi connectivity index (χ1v) is 8.43. The first-order valence-electron chi connectivity index (χ1n) is 5.87. The maximum absolute atomic E-state index is 11.9. The number of sulfone groups is 1. The predicted octanol–water partition coefficient (Wildman–Crippen LogP) is 3.67. The number of rotatable bonds is 5. The highest BCUT2D eigenvalue weighted by Crippen LogP contribution is 2.26. The van der Waals surface area contributed by atoms with Gasteiger partial charge in [-0.05, 0) is 38.5 Å². The van der Waals surface area contributed by atoms with Crippen LogP contribution in [0.4, 0.5) is 0 Å². The molecule has 1 rings (SSSR count). The Kier molecular flexibility index (Phi) is 5.53. The number of hydrogen-bond donors (Lipinski definition) is 0. The first kappa shape index (κ1) is 16.6. The quantitative estimate of drug-likeness (QED) is 0.776. The highest BCUT2D eigenvalue weighted by atomic mass is 35.5. The zero-order chi connectivity index (χ0) is 14.7. The van der Waals surface area contributed by atoms with Gasteiger partial charge >= 0.3 is 0 Å². The second-order valence-corrected chi connectivity index (χ2v) is 8.72. The monoisotopic (exact) mass is 324 g/mol. The number of ether oxygens (including phenoxy) is 1. The zero-order valence-corrected chi connectivity index (χ0v) is 13.6. The van der Waals surface area contributed by atoms with Crippen LogP contribution in [0.2, 0.25) is 5.02 Å². The standard InChI is InChI=1S/C13H18Cl2O3S/c1-13(2,3)19(16,17)7-6-18-12-5-4-10(9-14)8-11(12)15/h4-5,8H,6-7,9H2,1-3H3. The van der Waals surface area contributed by atoms with Crippen molar-refractivity contribution in [1.82, 2.24) is 0 Å². The smallest absolute Gasteiger partial charge is 0.158 e. The molecule has 0 unspecified atom stereocenters. The van der Waals surface area contributed by atoms with Gasteiger partial charge in [0.2, 0.25) is 0 Å². The fourth-order valence-corrected chi connectivity index (χ4v) is 2.65. The van der Waals surface area contributed by atoms with Crippen LogP contribution in [0.1, 0.15) is 26.3 Å². The van der Waals surface area contributed by atoms with E-state index in [1.165, 1.54) is 0 Å². The molecule has 6 heteroatoms. The lowest BCUT2D eigenvalue weighted by Crippen LogP contribution is -2.32. The largest absolute Gasteiger partial charge is 0.491 e. The second kappa shape index (κ2) is 6.33. The summed E-state index contributed by atoms with van der Waals surface area (Å²) in [6.45, 7) is 5.10. The molecule has 0 atom stereocenters. The lowest BCUT2D eigenvalue weighted by Gasteiger charge is -2.19. The second-order valence-electron chi connectivity index (χ2n) is 5.18. The van der Waals surface area contributed by atoms with Gasteiger partial charge in [0.05, 0.1) is 15.5 Å². The van der Waals surface area contributed by atoms with Gasteiger partial charge in [0.25, 0.3) is 0 Å². The Bertz CT molecular complexity index is 533. The van der Waals surface area contributed by atoms with Crippen molar-refractivity contribution in [3.8, 4) is 5.75 Å². The van der Waals surface area contributed by atoms with Crippen molar-refractivity contribution in [2.75, 3.05) is 12.4 Å². The minimum Gasteiger partial charge on any atom is -0.491 e. The molecule has 0 fully saturated rings. The molecule has 1 aromatic rings. The molecule has 0 aliphatic rings. The summed E-state index contributed by atoms with van der Waals surface area (Å²) in [7, 11) is -3.18. The Hall–Kier alpha value is -0.450. The molecule has 0 aromatic heterocycles. The van der Waals surface area contributed by atoms with E-state index in [4.69, 9.17) is 27.9 Å². The molecule has 0 radical (unpaired) electrons. The molecule has 0 spiro atoms. The van der Waals surface area contributed by atoms with Crippen LogP contribution in [0.3, 0.4) is 0 Å². The summed E-state index contributed by atoms with van der Waals surface area (Å²) in [5.74, 6) is 0.808. The minimum atomic E-state index is -3.18. The fraction of sp³-hybridized carbons (Fsp3) is 0.538. The van der Waals surface area contributed by atoms with Crippen LogP contribution >= 0.6 is 23.2 Å². The van der Waals surface area contributed by atoms with Crippen LogP contribution in [-0.2, 0) is 15.7 Å². The van der Waals surface area contributed by atoms with Gasteiger partial charge in [-0.25, -0.2) is 8.42 Å². The van der Waals surface area contributed by atoms with Gasteiger partial charge in [-0.1, -0.05) is 17.7 Å². The van der Waals surface area contributed by atoms with Crippen molar-refractivity contribution in [1.29, 1.82) is 0 Å². The van der Waals surface area contributed by atoms with Gasteiger partial charge in [-0.15, -0.1) is 11.6 Å². The minimum absolute atomic E-state index is 0.0376. The molecule has 0 aliphatic carbocycles. The molecule has 19 heavy (non-hydrogen) atoms. The van der Waals surface area contributed by atoms with Crippen molar-refractivity contribution in [3.63, 3.8) is 0 Å². The van der Waals surface area contributed by atoms with E-state index in [-0.39, 0.29) is 12.4 Å². The third kappa shape index (κ3) is 4.55. The summed E-state index contributed by atoms with van der Waals surface area (Å²) in [6, 6.07) is 5.21. The van der Waals surface area contributed by atoms with E-state index in [0.29, 0.717) is 16.7 Å². The highest BCUT2D eigenvalue weighted by molar-refractivity contribution is 7.92. The maximum Gasteiger partial charge on any atom is 0.158 e. The van der Waals surface area contributed by atoms with E-state index in [0.717, 1.165) is 5.56 Å². The molecule has 0 N–H and O–H groups in total. The van der Waals surface area contributed by atoms with Gasteiger partial charge in [0.1, 0.15) is 12.4 Å². The van der Waals surface area contributed by atoms with Gasteiger partial charge < -0.3 is 4.74 Å². The Morgan fingerprint density at radius 3 is 2.37 bits per heavy atom. The average molecular weight is 325 g/mol. The van der Waals surface area contributed by atoms with Crippen LogP contribution in [0.5, 0.6) is 5.75 Å². The normalized spacial score (nSPS) is 12.5. The molecule has 0 bridgehead atoms. The van der Waals surface area contributed by atoms with Crippen molar-refractivity contribution in [2.24, 2.45) is 0 Å². The number of halogens is 2. The van der Waals surface area contributed by atoms with Gasteiger partial charge in [0.15, 0.2) is 9.84 Å². The molecule has 0 saturated carbocycles. The van der Waals surface area contributed by atoms with Crippen LogP contribution in [0.25, 0.3) is 0 Å².